The summed E-state index contributed by atoms with van der Waals surface area (Å²) in [7, 11) is 0. The first-order valence-electron chi connectivity index (χ1n) is 7.04. The summed E-state index contributed by atoms with van der Waals surface area (Å²) in [5, 5.41) is 3.34. The van der Waals surface area contributed by atoms with Crippen molar-refractivity contribution in [2.75, 3.05) is 26.2 Å². The van der Waals surface area contributed by atoms with E-state index in [1.807, 2.05) is 29.2 Å². The van der Waals surface area contributed by atoms with Gasteiger partial charge in [-0.2, -0.15) is 0 Å². The molecular formula is C15H22ClIN2O2. The Bertz CT molecular complexity index is 442. The molecule has 0 saturated carbocycles. The standard InChI is InChI=1S/C15H21IN2O2.ClH/c1-12-11-18(9-8-17-12)15(19)3-2-10-20-14-6-4-13(16)5-7-14;/h4-7,12,17H,2-3,8-11H2,1H3;1H. The van der Waals surface area contributed by atoms with Crippen LogP contribution in [0.2, 0.25) is 0 Å². The van der Waals surface area contributed by atoms with Crippen LogP contribution in [0.15, 0.2) is 24.3 Å². The smallest absolute Gasteiger partial charge is 0.222 e. The second kappa shape index (κ2) is 9.48. The molecule has 0 bridgehead atoms. The number of nitrogens with zero attached hydrogens (tertiary/aromatic N) is 1. The summed E-state index contributed by atoms with van der Waals surface area (Å²) in [5.41, 5.74) is 0. The fourth-order valence-electron chi connectivity index (χ4n) is 2.26. The predicted octanol–water partition coefficient (Wildman–Crippen LogP) is 2.69. The highest BCUT2D eigenvalue weighted by Crippen LogP contribution is 2.14. The third-order valence-corrected chi connectivity index (χ3v) is 4.06. The van der Waals surface area contributed by atoms with Crippen LogP contribution in [0.5, 0.6) is 5.75 Å². The van der Waals surface area contributed by atoms with Crippen molar-refractivity contribution in [3.63, 3.8) is 0 Å². The van der Waals surface area contributed by atoms with Crippen molar-refractivity contribution < 1.29 is 9.53 Å². The summed E-state index contributed by atoms with van der Waals surface area (Å²) in [4.78, 5) is 14.0. The highest BCUT2D eigenvalue weighted by Gasteiger charge is 2.19. The van der Waals surface area contributed by atoms with E-state index in [4.69, 9.17) is 4.74 Å². The van der Waals surface area contributed by atoms with Crippen molar-refractivity contribution >= 4 is 40.9 Å². The van der Waals surface area contributed by atoms with Crippen LogP contribution in [-0.2, 0) is 4.79 Å². The van der Waals surface area contributed by atoms with Gasteiger partial charge in [-0.3, -0.25) is 4.79 Å². The summed E-state index contributed by atoms with van der Waals surface area (Å²) >= 11 is 2.27. The fourth-order valence-corrected chi connectivity index (χ4v) is 2.62. The molecule has 1 fully saturated rings. The molecule has 0 aliphatic carbocycles. The van der Waals surface area contributed by atoms with E-state index < -0.39 is 0 Å². The third kappa shape index (κ3) is 6.40. The second-order valence-electron chi connectivity index (χ2n) is 5.10. The molecule has 1 aromatic rings. The molecule has 1 N–H and O–H groups in total. The molecule has 21 heavy (non-hydrogen) atoms. The van der Waals surface area contributed by atoms with Crippen molar-refractivity contribution in [1.29, 1.82) is 0 Å². The normalized spacial score (nSPS) is 18.0. The second-order valence-corrected chi connectivity index (χ2v) is 6.35. The number of piperazine rings is 1. The first-order valence-corrected chi connectivity index (χ1v) is 8.12. The SMILES string of the molecule is CC1CN(C(=O)CCCOc2ccc(I)cc2)CCN1.Cl. The Morgan fingerprint density at radius 2 is 2.14 bits per heavy atom. The van der Waals surface area contributed by atoms with Gasteiger partial charge < -0.3 is 15.0 Å². The molecule has 1 aliphatic heterocycles. The van der Waals surface area contributed by atoms with Crippen LogP contribution in [0.1, 0.15) is 19.8 Å². The summed E-state index contributed by atoms with van der Waals surface area (Å²) in [6.45, 7) is 5.23. The predicted molar refractivity (Wildman–Crippen MR) is 95.2 cm³/mol. The van der Waals surface area contributed by atoms with E-state index in [1.165, 1.54) is 3.57 Å². The van der Waals surface area contributed by atoms with E-state index in [0.717, 1.165) is 31.8 Å². The quantitative estimate of drug-likeness (QED) is 0.584. The number of amides is 1. The Balaban J connectivity index is 0.00000220. The van der Waals surface area contributed by atoms with E-state index in [0.29, 0.717) is 19.1 Å². The Morgan fingerprint density at radius 1 is 1.43 bits per heavy atom. The molecule has 1 saturated heterocycles. The van der Waals surface area contributed by atoms with Crippen molar-refractivity contribution in [3.05, 3.63) is 27.8 Å². The zero-order valence-corrected chi connectivity index (χ0v) is 15.2. The van der Waals surface area contributed by atoms with Gasteiger partial charge in [0.05, 0.1) is 6.61 Å². The number of nitrogens with one attached hydrogen (secondary N) is 1. The van der Waals surface area contributed by atoms with Crippen LogP contribution in [0.25, 0.3) is 0 Å². The van der Waals surface area contributed by atoms with E-state index in [-0.39, 0.29) is 18.3 Å². The Morgan fingerprint density at radius 3 is 2.81 bits per heavy atom. The van der Waals surface area contributed by atoms with Gasteiger partial charge in [0.1, 0.15) is 5.75 Å². The molecule has 0 spiro atoms. The van der Waals surface area contributed by atoms with Gasteiger partial charge in [0.2, 0.25) is 5.91 Å². The van der Waals surface area contributed by atoms with Crippen LogP contribution in [0.3, 0.4) is 0 Å². The van der Waals surface area contributed by atoms with Gasteiger partial charge in [-0.15, -0.1) is 12.4 Å². The molecule has 0 aromatic heterocycles. The van der Waals surface area contributed by atoms with Crippen LogP contribution >= 0.6 is 35.0 Å². The minimum Gasteiger partial charge on any atom is -0.494 e. The monoisotopic (exact) mass is 424 g/mol. The molecule has 1 heterocycles. The van der Waals surface area contributed by atoms with Crippen LogP contribution in [-0.4, -0.2) is 43.1 Å². The van der Waals surface area contributed by atoms with Crippen molar-refractivity contribution in [2.45, 2.75) is 25.8 Å². The lowest BCUT2D eigenvalue weighted by molar-refractivity contribution is -0.132. The van der Waals surface area contributed by atoms with Gasteiger partial charge in [0, 0.05) is 35.7 Å². The van der Waals surface area contributed by atoms with Gasteiger partial charge >= 0.3 is 0 Å². The Labute approximate surface area is 146 Å². The molecule has 1 unspecified atom stereocenters. The van der Waals surface area contributed by atoms with Gasteiger partial charge in [-0.1, -0.05) is 0 Å². The molecule has 2 rings (SSSR count). The number of rotatable bonds is 5. The minimum absolute atomic E-state index is 0. The molecule has 6 heteroatoms. The maximum absolute atomic E-state index is 12.0. The lowest BCUT2D eigenvalue weighted by Gasteiger charge is -2.32. The average Bonchev–Trinajstić information content (AvgIpc) is 2.45. The topological polar surface area (TPSA) is 41.6 Å². The first kappa shape index (κ1) is 18.5. The minimum atomic E-state index is 0. The summed E-state index contributed by atoms with van der Waals surface area (Å²) in [6, 6.07) is 8.35. The summed E-state index contributed by atoms with van der Waals surface area (Å²) in [5.74, 6) is 1.11. The summed E-state index contributed by atoms with van der Waals surface area (Å²) < 4.78 is 6.83. The maximum atomic E-state index is 12.0. The van der Waals surface area contributed by atoms with Crippen molar-refractivity contribution in [2.24, 2.45) is 0 Å². The first-order chi connectivity index (χ1) is 9.65. The third-order valence-electron chi connectivity index (χ3n) is 3.34. The number of ether oxygens (including phenoxy) is 1. The maximum Gasteiger partial charge on any atom is 0.222 e. The number of halogens is 2. The molecule has 118 valence electrons. The number of hydrogen-bond acceptors (Lipinski definition) is 3. The largest absolute Gasteiger partial charge is 0.494 e. The van der Waals surface area contributed by atoms with E-state index >= 15 is 0 Å². The van der Waals surface area contributed by atoms with E-state index in [2.05, 4.69) is 34.8 Å². The zero-order valence-electron chi connectivity index (χ0n) is 12.2. The zero-order chi connectivity index (χ0) is 14.4. The van der Waals surface area contributed by atoms with Crippen LogP contribution in [0, 0.1) is 3.57 Å². The number of benzene rings is 1. The van der Waals surface area contributed by atoms with Gasteiger partial charge in [0.15, 0.2) is 0 Å². The lowest BCUT2D eigenvalue weighted by Crippen LogP contribution is -2.51. The number of carbonyl (C=O) groups is 1. The van der Waals surface area contributed by atoms with Crippen molar-refractivity contribution in [1.82, 2.24) is 10.2 Å². The van der Waals surface area contributed by atoms with Gasteiger partial charge in [-0.05, 0) is 60.2 Å². The van der Waals surface area contributed by atoms with E-state index in [1.54, 1.807) is 0 Å². The molecular weight excluding hydrogens is 403 g/mol. The number of carbonyl (C=O) groups excluding carboxylic acids is 1. The highest BCUT2D eigenvalue weighted by atomic mass is 127. The average molecular weight is 425 g/mol. The van der Waals surface area contributed by atoms with Crippen LogP contribution < -0.4 is 10.1 Å². The molecule has 0 radical (unpaired) electrons. The molecule has 1 amide bonds. The molecule has 1 aliphatic rings. The molecule has 1 atom stereocenters. The van der Waals surface area contributed by atoms with E-state index in [9.17, 15) is 4.79 Å². The molecule has 1 aromatic carbocycles. The fraction of sp³-hybridized carbons (Fsp3) is 0.533. The molecule has 4 nitrogen and oxygen atoms in total. The number of hydrogen-bond donors (Lipinski definition) is 1. The van der Waals surface area contributed by atoms with Gasteiger partial charge in [-0.25, -0.2) is 0 Å². The highest BCUT2D eigenvalue weighted by molar-refractivity contribution is 14.1. The van der Waals surface area contributed by atoms with Gasteiger partial charge in [0.25, 0.3) is 0 Å². The van der Waals surface area contributed by atoms with Crippen LogP contribution in [0.4, 0.5) is 0 Å². The Hall–Kier alpha value is -0.530. The Kier molecular flexibility index (Phi) is 8.36. The summed E-state index contributed by atoms with van der Waals surface area (Å²) in [6.07, 6.45) is 1.33. The lowest BCUT2D eigenvalue weighted by atomic mass is 10.2. The van der Waals surface area contributed by atoms with Crippen molar-refractivity contribution in [3.8, 4) is 5.75 Å².